The van der Waals surface area contributed by atoms with Gasteiger partial charge in [-0.15, -0.1) is 0 Å². The molecule has 0 aromatic rings. The minimum absolute atomic E-state index is 0. The third kappa shape index (κ3) is 8.91. The van der Waals surface area contributed by atoms with E-state index in [1.54, 1.807) is 0 Å². The molecule has 0 aliphatic heterocycles. The van der Waals surface area contributed by atoms with Crippen molar-refractivity contribution in [2.45, 2.75) is 0 Å². The van der Waals surface area contributed by atoms with Gasteiger partial charge in [0.15, 0.2) is 0 Å². The second-order valence-electron chi connectivity index (χ2n) is 0. The Morgan fingerprint density at radius 1 is 0.500 bits per heavy atom. The van der Waals surface area contributed by atoms with E-state index in [0.29, 0.717) is 0 Å². The number of hydrogen-bond donors (Lipinski definition) is 0. The van der Waals surface area contributed by atoms with Crippen LogP contribution in [0.15, 0.2) is 0 Å². The zero-order valence-electron chi connectivity index (χ0n) is 1.60. The maximum Gasteiger partial charge on any atom is 0 e. The fourth-order valence-electron chi connectivity index (χ4n) is 0. The van der Waals surface area contributed by atoms with Crippen molar-refractivity contribution in [1.29, 1.82) is 0 Å². The van der Waals surface area contributed by atoms with Gasteiger partial charge in [-0.2, -0.15) is 0 Å². The van der Waals surface area contributed by atoms with Gasteiger partial charge in [-0.1, -0.05) is 0 Å². The van der Waals surface area contributed by atoms with Crippen LogP contribution in [-0.2, 0) is 34.1 Å². The first kappa shape index (κ1) is 35.2. The molecule has 0 heterocycles. The van der Waals surface area contributed by atoms with E-state index in [1.807, 2.05) is 0 Å². The quantitative estimate of drug-likeness (QED) is 0.503. The van der Waals surface area contributed by atoms with E-state index >= 15 is 0 Å². The smallest absolute Gasteiger partial charge is 0 e. The van der Waals surface area contributed by atoms with Crippen molar-refractivity contribution in [2.75, 3.05) is 0 Å². The van der Waals surface area contributed by atoms with Crippen LogP contribution >= 0.6 is 0 Å². The van der Waals surface area contributed by atoms with Crippen molar-refractivity contribution in [3.8, 4) is 0 Å². The Bertz CT molecular complexity index is 4.00. The Morgan fingerprint density at radius 2 is 0.500 bits per heavy atom. The van der Waals surface area contributed by atoms with Crippen LogP contribution in [0.25, 0.3) is 0 Å². The predicted molar refractivity (Wildman–Crippen MR) is 11.5 cm³/mol. The van der Waals surface area contributed by atoms with E-state index in [1.165, 1.54) is 0 Å². The Hall–Kier alpha value is 2.16. The SMILES string of the molecule is [As].[As].[Fe].[Fe]. The van der Waals surface area contributed by atoms with Crippen LogP contribution in [0.1, 0.15) is 0 Å². The molecule has 0 saturated heterocycles. The normalized spacial score (nSPS) is 0. The van der Waals surface area contributed by atoms with Crippen molar-refractivity contribution in [1.82, 2.24) is 0 Å². The summed E-state index contributed by atoms with van der Waals surface area (Å²) in [5, 5.41) is 0. The van der Waals surface area contributed by atoms with Gasteiger partial charge < -0.3 is 0 Å². The summed E-state index contributed by atoms with van der Waals surface area (Å²) in [6.07, 6.45) is 0. The van der Waals surface area contributed by atoms with Gasteiger partial charge in [-0.25, -0.2) is 0 Å². The number of hydrogen-bond acceptors (Lipinski definition) is 0. The standard InChI is InChI=1S/2As.2Fe. The van der Waals surface area contributed by atoms with Gasteiger partial charge in [0.25, 0.3) is 0 Å². The van der Waals surface area contributed by atoms with Crippen molar-refractivity contribution in [2.24, 2.45) is 0 Å². The second kappa shape index (κ2) is 19.2. The predicted octanol–water partition coefficient (Wildman–Crippen LogP) is -0.767. The minimum atomic E-state index is 0. The molecule has 0 bridgehead atoms. The van der Waals surface area contributed by atoms with E-state index in [4.69, 9.17) is 0 Å². The van der Waals surface area contributed by atoms with Crippen LogP contribution in [0.5, 0.6) is 0 Å². The van der Waals surface area contributed by atoms with Gasteiger partial charge in [0.05, 0.1) is 0 Å². The molecular formula is As2Fe2. The topological polar surface area (TPSA) is 0 Å². The Balaban J connectivity index is 0. The fraction of sp³-hybridized carbons (Fsp3) is 0. The van der Waals surface area contributed by atoms with Crippen LogP contribution in [0.3, 0.4) is 0 Å². The summed E-state index contributed by atoms with van der Waals surface area (Å²) < 4.78 is 0. The zero-order valence-corrected chi connectivity index (χ0v) is 7.56. The summed E-state index contributed by atoms with van der Waals surface area (Å²) >= 11 is 0. The molecule has 0 atom stereocenters. The molecule has 0 spiro atoms. The molecule has 0 aromatic heterocycles. The summed E-state index contributed by atoms with van der Waals surface area (Å²) in [5.41, 5.74) is 0. The molecule has 0 aromatic carbocycles. The third-order valence-corrected chi connectivity index (χ3v) is 0. The Labute approximate surface area is 69.4 Å². The first-order chi connectivity index (χ1) is 0. The summed E-state index contributed by atoms with van der Waals surface area (Å²) in [6, 6.07) is 0. The van der Waals surface area contributed by atoms with E-state index < -0.39 is 0 Å². The van der Waals surface area contributed by atoms with Crippen LogP contribution < -0.4 is 0 Å². The van der Waals surface area contributed by atoms with Gasteiger partial charge in [-0.3, -0.25) is 0 Å². The first-order valence-corrected chi connectivity index (χ1v) is 0. The van der Waals surface area contributed by atoms with E-state index in [9.17, 15) is 0 Å². The van der Waals surface area contributed by atoms with Gasteiger partial charge in [0.2, 0.25) is 0 Å². The van der Waals surface area contributed by atoms with E-state index in [-0.39, 0.29) is 70.0 Å². The van der Waals surface area contributed by atoms with Crippen LogP contribution in [0.2, 0.25) is 0 Å². The summed E-state index contributed by atoms with van der Waals surface area (Å²) in [5.74, 6) is 0. The van der Waals surface area contributed by atoms with Gasteiger partial charge in [0.1, 0.15) is 0 Å². The average Bonchev–Trinajstić information content (AvgIpc) is 0. The molecule has 0 rings (SSSR count). The summed E-state index contributed by atoms with van der Waals surface area (Å²) in [4.78, 5) is 0. The van der Waals surface area contributed by atoms with Crippen molar-refractivity contribution in [3.63, 3.8) is 0 Å². The van der Waals surface area contributed by atoms with Crippen molar-refractivity contribution >= 4 is 35.9 Å². The number of rotatable bonds is 0. The molecule has 0 nitrogen and oxygen atoms in total. The zero-order chi connectivity index (χ0) is 0. The van der Waals surface area contributed by atoms with Crippen LogP contribution in [0, 0.1) is 0 Å². The molecule has 0 saturated carbocycles. The van der Waals surface area contributed by atoms with E-state index in [2.05, 4.69) is 0 Å². The molecule has 4 heteroatoms. The van der Waals surface area contributed by atoms with Gasteiger partial charge >= 0.3 is 0 Å². The third-order valence-electron chi connectivity index (χ3n) is 0. The molecule has 0 aliphatic carbocycles. The molecule has 0 N–H and O–H groups in total. The molecule has 26 valence electrons. The molecule has 0 aliphatic rings. The second-order valence-corrected chi connectivity index (χ2v) is 0. The Kier molecular flexibility index (Phi) is 169. The maximum atomic E-state index is 0. The average molecular weight is 262 g/mol. The molecule has 0 fully saturated rings. The summed E-state index contributed by atoms with van der Waals surface area (Å²) in [7, 11) is 0. The molecule has 0 amide bonds. The van der Waals surface area contributed by atoms with E-state index in [0.717, 1.165) is 0 Å². The Morgan fingerprint density at radius 3 is 0.500 bits per heavy atom. The molecular weight excluding hydrogens is 262 g/mol. The monoisotopic (exact) mass is 262 g/mol. The first-order valence-electron chi connectivity index (χ1n) is 0. The fourth-order valence-corrected chi connectivity index (χ4v) is 0. The minimum Gasteiger partial charge on any atom is 0 e. The molecule has 4 heavy (non-hydrogen) atoms. The molecule has 6 radical (unpaired) electrons. The molecule has 0 unspecified atom stereocenters. The summed E-state index contributed by atoms with van der Waals surface area (Å²) in [6.45, 7) is 0. The maximum absolute atomic E-state index is 0. The van der Waals surface area contributed by atoms with Crippen molar-refractivity contribution in [3.05, 3.63) is 0 Å². The van der Waals surface area contributed by atoms with Crippen LogP contribution in [0.4, 0.5) is 0 Å². The largest absolute Gasteiger partial charge is 0 e. The van der Waals surface area contributed by atoms with Gasteiger partial charge in [-0.05, 0) is 0 Å². The van der Waals surface area contributed by atoms with Crippen molar-refractivity contribution < 1.29 is 34.1 Å². The van der Waals surface area contributed by atoms with Gasteiger partial charge in [0, 0.05) is 70.0 Å². The van der Waals surface area contributed by atoms with Crippen LogP contribution in [-0.4, -0.2) is 35.9 Å².